The first-order valence-corrected chi connectivity index (χ1v) is 8.17. The molecule has 108 valence electrons. The zero-order valence-electron chi connectivity index (χ0n) is 12.6. The number of hydrogen-bond donors (Lipinski definition) is 2. The van der Waals surface area contributed by atoms with Crippen LogP contribution in [-0.4, -0.2) is 19.6 Å². The van der Waals surface area contributed by atoms with E-state index in [1.54, 1.807) is 0 Å². The molecule has 0 amide bonds. The van der Waals surface area contributed by atoms with Crippen LogP contribution in [0.5, 0.6) is 0 Å². The van der Waals surface area contributed by atoms with Crippen molar-refractivity contribution in [3.8, 4) is 0 Å². The zero-order valence-corrected chi connectivity index (χ0v) is 12.6. The van der Waals surface area contributed by atoms with E-state index in [-0.39, 0.29) is 0 Å². The van der Waals surface area contributed by atoms with E-state index >= 15 is 0 Å². The normalized spacial score (nSPS) is 20.2. The Morgan fingerprint density at radius 3 is 2.44 bits per heavy atom. The van der Waals surface area contributed by atoms with Crippen molar-refractivity contribution in [1.29, 1.82) is 0 Å². The SMILES string of the molecule is CCC(CCN)CCCNCC1(CC)CCCC1. The van der Waals surface area contributed by atoms with Gasteiger partial charge in [-0.25, -0.2) is 0 Å². The quantitative estimate of drug-likeness (QED) is 0.583. The Morgan fingerprint density at radius 1 is 1.17 bits per heavy atom. The van der Waals surface area contributed by atoms with E-state index in [1.165, 1.54) is 70.9 Å². The molecule has 2 heteroatoms. The fourth-order valence-corrected chi connectivity index (χ4v) is 3.44. The van der Waals surface area contributed by atoms with E-state index in [0.29, 0.717) is 5.41 Å². The van der Waals surface area contributed by atoms with Crippen LogP contribution in [-0.2, 0) is 0 Å². The second-order valence-electron chi connectivity index (χ2n) is 6.23. The lowest BCUT2D eigenvalue weighted by Crippen LogP contribution is -2.32. The zero-order chi connectivity index (χ0) is 13.3. The summed E-state index contributed by atoms with van der Waals surface area (Å²) in [6.45, 7) is 7.95. The summed E-state index contributed by atoms with van der Waals surface area (Å²) in [5.74, 6) is 0.850. The van der Waals surface area contributed by atoms with E-state index in [4.69, 9.17) is 5.73 Å². The van der Waals surface area contributed by atoms with Crippen LogP contribution in [0.25, 0.3) is 0 Å². The fourth-order valence-electron chi connectivity index (χ4n) is 3.44. The molecule has 0 bridgehead atoms. The summed E-state index contributed by atoms with van der Waals surface area (Å²) in [6, 6.07) is 0. The predicted octanol–water partition coefficient (Wildman–Crippen LogP) is 3.70. The Kier molecular flexibility index (Phi) is 7.92. The van der Waals surface area contributed by atoms with Crippen LogP contribution in [0.4, 0.5) is 0 Å². The van der Waals surface area contributed by atoms with E-state index in [1.807, 2.05) is 0 Å². The number of rotatable bonds is 10. The molecule has 1 unspecified atom stereocenters. The summed E-state index contributed by atoms with van der Waals surface area (Å²) in [5.41, 5.74) is 6.28. The molecule has 2 nitrogen and oxygen atoms in total. The van der Waals surface area contributed by atoms with Crippen molar-refractivity contribution >= 4 is 0 Å². The second-order valence-corrected chi connectivity index (χ2v) is 6.23. The summed E-state index contributed by atoms with van der Waals surface area (Å²) < 4.78 is 0. The maximum atomic E-state index is 5.64. The van der Waals surface area contributed by atoms with Gasteiger partial charge in [-0.15, -0.1) is 0 Å². The van der Waals surface area contributed by atoms with Gasteiger partial charge in [0, 0.05) is 6.54 Å². The van der Waals surface area contributed by atoms with Crippen LogP contribution >= 0.6 is 0 Å². The maximum Gasteiger partial charge on any atom is 0.000770 e. The molecular formula is C16H34N2. The molecule has 1 aliphatic rings. The third kappa shape index (κ3) is 5.27. The highest BCUT2D eigenvalue weighted by atomic mass is 14.9. The average Bonchev–Trinajstić information content (AvgIpc) is 2.86. The molecule has 0 saturated heterocycles. The highest BCUT2D eigenvalue weighted by Gasteiger charge is 2.31. The minimum absolute atomic E-state index is 0.640. The summed E-state index contributed by atoms with van der Waals surface area (Å²) in [5, 5.41) is 3.71. The summed E-state index contributed by atoms with van der Waals surface area (Å²) in [7, 11) is 0. The Balaban J connectivity index is 2.07. The Bertz CT molecular complexity index is 197. The molecule has 0 aliphatic heterocycles. The molecule has 0 radical (unpaired) electrons. The van der Waals surface area contributed by atoms with Gasteiger partial charge in [-0.05, 0) is 62.9 Å². The van der Waals surface area contributed by atoms with Gasteiger partial charge in [0.1, 0.15) is 0 Å². The molecule has 1 rings (SSSR count). The van der Waals surface area contributed by atoms with Gasteiger partial charge in [0.2, 0.25) is 0 Å². The Morgan fingerprint density at radius 2 is 1.89 bits per heavy atom. The smallest absolute Gasteiger partial charge is 0.000770 e. The van der Waals surface area contributed by atoms with Gasteiger partial charge >= 0.3 is 0 Å². The van der Waals surface area contributed by atoms with Gasteiger partial charge in [-0.2, -0.15) is 0 Å². The van der Waals surface area contributed by atoms with E-state index in [9.17, 15) is 0 Å². The standard InChI is InChI=1S/C16H34N2/c1-3-15(9-12-17)8-7-13-18-14-16(4-2)10-5-6-11-16/h15,18H,3-14,17H2,1-2H3. The van der Waals surface area contributed by atoms with Crippen molar-refractivity contribution < 1.29 is 0 Å². The average molecular weight is 254 g/mol. The van der Waals surface area contributed by atoms with Crippen molar-refractivity contribution in [3.63, 3.8) is 0 Å². The first-order chi connectivity index (χ1) is 8.76. The summed E-state index contributed by atoms with van der Waals surface area (Å²) >= 11 is 0. The predicted molar refractivity (Wildman–Crippen MR) is 80.7 cm³/mol. The molecule has 1 saturated carbocycles. The largest absolute Gasteiger partial charge is 0.330 e. The van der Waals surface area contributed by atoms with Crippen LogP contribution < -0.4 is 11.1 Å². The van der Waals surface area contributed by atoms with Gasteiger partial charge in [0.25, 0.3) is 0 Å². The molecule has 0 heterocycles. The van der Waals surface area contributed by atoms with Gasteiger partial charge < -0.3 is 11.1 Å². The number of nitrogens with two attached hydrogens (primary N) is 1. The van der Waals surface area contributed by atoms with Gasteiger partial charge in [0.05, 0.1) is 0 Å². The maximum absolute atomic E-state index is 5.64. The van der Waals surface area contributed by atoms with Crippen LogP contribution in [0, 0.1) is 11.3 Å². The third-order valence-electron chi connectivity index (χ3n) is 5.03. The topological polar surface area (TPSA) is 38.0 Å². The van der Waals surface area contributed by atoms with E-state index < -0.39 is 0 Å². The minimum Gasteiger partial charge on any atom is -0.330 e. The molecule has 0 aromatic rings. The molecule has 0 aromatic heterocycles. The lowest BCUT2D eigenvalue weighted by atomic mass is 9.83. The number of hydrogen-bond acceptors (Lipinski definition) is 2. The van der Waals surface area contributed by atoms with Gasteiger partial charge in [-0.3, -0.25) is 0 Å². The fraction of sp³-hybridized carbons (Fsp3) is 1.00. The van der Waals surface area contributed by atoms with Crippen LogP contribution in [0.1, 0.15) is 71.6 Å². The van der Waals surface area contributed by atoms with Gasteiger partial charge in [-0.1, -0.05) is 33.1 Å². The van der Waals surface area contributed by atoms with Crippen molar-refractivity contribution in [2.24, 2.45) is 17.1 Å². The molecular weight excluding hydrogens is 220 g/mol. The summed E-state index contributed by atoms with van der Waals surface area (Å²) in [4.78, 5) is 0. The molecule has 0 spiro atoms. The third-order valence-corrected chi connectivity index (χ3v) is 5.03. The van der Waals surface area contributed by atoms with E-state index in [0.717, 1.165) is 12.5 Å². The first kappa shape index (κ1) is 16.0. The van der Waals surface area contributed by atoms with Crippen molar-refractivity contribution in [1.82, 2.24) is 5.32 Å². The van der Waals surface area contributed by atoms with Crippen LogP contribution in [0.15, 0.2) is 0 Å². The van der Waals surface area contributed by atoms with Crippen LogP contribution in [0.3, 0.4) is 0 Å². The molecule has 3 N–H and O–H groups in total. The Hall–Kier alpha value is -0.0800. The molecule has 1 fully saturated rings. The Labute approximate surface area is 114 Å². The molecule has 1 atom stereocenters. The second kappa shape index (κ2) is 8.92. The van der Waals surface area contributed by atoms with Gasteiger partial charge in [0.15, 0.2) is 0 Å². The molecule has 1 aliphatic carbocycles. The van der Waals surface area contributed by atoms with E-state index in [2.05, 4.69) is 19.2 Å². The number of nitrogens with one attached hydrogen (secondary N) is 1. The summed E-state index contributed by atoms with van der Waals surface area (Å²) in [6.07, 6.45) is 12.3. The lowest BCUT2D eigenvalue weighted by molar-refractivity contribution is 0.267. The highest BCUT2D eigenvalue weighted by Crippen LogP contribution is 2.40. The van der Waals surface area contributed by atoms with Crippen molar-refractivity contribution in [2.45, 2.75) is 71.6 Å². The van der Waals surface area contributed by atoms with Crippen LogP contribution in [0.2, 0.25) is 0 Å². The minimum atomic E-state index is 0.640. The van der Waals surface area contributed by atoms with Crippen molar-refractivity contribution in [2.75, 3.05) is 19.6 Å². The van der Waals surface area contributed by atoms with Crippen molar-refractivity contribution in [3.05, 3.63) is 0 Å². The molecule has 18 heavy (non-hydrogen) atoms. The first-order valence-electron chi connectivity index (χ1n) is 8.17. The highest BCUT2D eigenvalue weighted by molar-refractivity contribution is 4.85. The monoisotopic (exact) mass is 254 g/mol. The molecule has 0 aromatic carbocycles. The lowest BCUT2D eigenvalue weighted by Gasteiger charge is -2.28.